The molecular formula is C22H29N5O. The van der Waals surface area contributed by atoms with Crippen molar-refractivity contribution in [3.05, 3.63) is 53.7 Å². The predicted molar refractivity (Wildman–Crippen MR) is 114 cm³/mol. The van der Waals surface area contributed by atoms with E-state index < -0.39 is 0 Å². The summed E-state index contributed by atoms with van der Waals surface area (Å²) < 4.78 is 5.62. The van der Waals surface area contributed by atoms with Crippen molar-refractivity contribution in [2.45, 2.75) is 32.9 Å². The van der Waals surface area contributed by atoms with E-state index in [9.17, 15) is 0 Å². The van der Waals surface area contributed by atoms with Gasteiger partial charge in [-0.1, -0.05) is 24.3 Å². The molecule has 28 heavy (non-hydrogen) atoms. The van der Waals surface area contributed by atoms with Crippen molar-refractivity contribution < 1.29 is 4.74 Å². The molecule has 1 N–H and O–H groups in total. The first-order chi connectivity index (χ1) is 13.7. The Morgan fingerprint density at radius 1 is 1.25 bits per heavy atom. The minimum absolute atomic E-state index is 0.255. The van der Waals surface area contributed by atoms with Crippen molar-refractivity contribution in [2.75, 3.05) is 42.6 Å². The zero-order chi connectivity index (χ0) is 19.3. The summed E-state index contributed by atoms with van der Waals surface area (Å²) in [4.78, 5) is 14.1. The average molecular weight is 380 g/mol. The second-order valence-corrected chi connectivity index (χ2v) is 7.35. The fraction of sp³-hybridized carbons (Fsp3) is 0.455. The maximum atomic E-state index is 5.62. The molecule has 148 valence electrons. The summed E-state index contributed by atoms with van der Waals surface area (Å²) in [6, 6.07) is 12.8. The van der Waals surface area contributed by atoms with Crippen LogP contribution in [0, 0.1) is 0 Å². The van der Waals surface area contributed by atoms with Crippen LogP contribution in [0.2, 0.25) is 0 Å². The van der Waals surface area contributed by atoms with Crippen LogP contribution in [0.4, 0.5) is 11.5 Å². The zero-order valence-corrected chi connectivity index (χ0v) is 16.8. The molecule has 2 aromatic rings. The molecule has 1 aromatic heterocycles. The van der Waals surface area contributed by atoms with Gasteiger partial charge in [0.05, 0.1) is 19.3 Å². The van der Waals surface area contributed by atoms with Crippen LogP contribution >= 0.6 is 0 Å². The van der Waals surface area contributed by atoms with Crippen LogP contribution in [0.1, 0.15) is 25.0 Å². The molecule has 3 heterocycles. The molecule has 0 bridgehead atoms. The number of hydrogen-bond donors (Lipinski definition) is 1. The molecule has 6 nitrogen and oxygen atoms in total. The Hall–Kier alpha value is -2.60. The molecular weight excluding hydrogens is 350 g/mol. The molecule has 0 spiro atoms. The third kappa shape index (κ3) is 4.12. The van der Waals surface area contributed by atoms with Crippen LogP contribution in [-0.2, 0) is 17.7 Å². The van der Waals surface area contributed by atoms with Gasteiger partial charge in [0.15, 0.2) is 5.96 Å². The SMILES string of the molecule is CCNC(=NCc1ccc(N2CCOC(C)C2)nc1)N1CCc2ccccc21. The van der Waals surface area contributed by atoms with Crippen LogP contribution in [-0.4, -0.2) is 49.8 Å². The number of anilines is 2. The van der Waals surface area contributed by atoms with E-state index in [2.05, 4.69) is 70.3 Å². The standard InChI is InChI=1S/C22H29N5O/c1-3-23-22(27-11-10-19-6-4-5-7-20(19)27)25-15-18-8-9-21(24-14-18)26-12-13-28-17(2)16-26/h4-9,14,17H,3,10-13,15-16H2,1-2H3,(H,23,25). The first-order valence-corrected chi connectivity index (χ1v) is 10.2. The number of benzene rings is 1. The molecule has 6 heteroatoms. The highest BCUT2D eigenvalue weighted by atomic mass is 16.5. The molecule has 0 radical (unpaired) electrons. The van der Waals surface area contributed by atoms with Crippen molar-refractivity contribution >= 4 is 17.5 Å². The lowest BCUT2D eigenvalue weighted by atomic mass is 10.2. The van der Waals surface area contributed by atoms with E-state index in [1.165, 1.54) is 11.3 Å². The van der Waals surface area contributed by atoms with Crippen molar-refractivity contribution in [1.82, 2.24) is 10.3 Å². The van der Waals surface area contributed by atoms with Gasteiger partial charge in [-0.2, -0.15) is 0 Å². The van der Waals surface area contributed by atoms with Crippen molar-refractivity contribution in [2.24, 2.45) is 4.99 Å². The van der Waals surface area contributed by atoms with Gasteiger partial charge < -0.3 is 19.9 Å². The maximum Gasteiger partial charge on any atom is 0.198 e. The molecule has 1 fully saturated rings. The highest BCUT2D eigenvalue weighted by molar-refractivity contribution is 5.97. The lowest BCUT2D eigenvalue weighted by Gasteiger charge is -2.32. The number of para-hydroxylation sites is 1. The topological polar surface area (TPSA) is 53.0 Å². The number of nitrogens with zero attached hydrogens (tertiary/aromatic N) is 4. The maximum absolute atomic E-state index is 5.62. The van der Waals surface area contributed by atoms with Gasteiger partial charge in [-0.05, 0) is 43.5 Å². The second-order valence-electron chi connectivity index (χ2n) is 7.35. The second kappa shape index (κ2) is 8.61. The number of ether oxygens (including phenoxy) is 1. The van der Waals surface area contributed by atoms with E-state index in [0.29, 0.717) is 6.54 Å². The number of morpholine rings is 1. The molecule has 4 rings (SSSR count). The number of fused-ring (bicyclic) bond motifs is 1. The van der Waals surface area contributed by atoms with E-state index >= 15 is 0 Å². The van der Waals surface area contributed by atoms with Crippen LogP contribution in [0.3, 0.4) is 0 Å². The van der Waals surface area contributed by atoms with E-state index in [4.69, 9.17) is 9.73 Å². The van der Waals surface area contributed by atoms with Gasteiger partial charge in [0.25, 0.3) is 0 Å². The van der Waals surface area contributed by atoms with Crippen molar-refractivity contribution in [3.8, 4) is 0 Å². The number of rotatable bonds is 4. The third-order valence-electron chi connectivity index (χ3n) is 5.26. The highest BCUT2D eigenvalue weighted by Crippen LogP contribution is 2.27. The minimum Gasteiger partial charge on any atom is -0.375 e. The van der Waals surface area contributed by atoms with Crippen LogP contribution in [0.25, 0.3) is 0 Å². The summed E-state index contributed by atoms with van der Waals surface area (Å²) >= 11 is 0. The lowest BCUT2D eigenvalue weighted by molar-refractivity contribution is 0.0529. The zero-order valence-electron chi connectivity index (χ0n) is 16.8. The molecule has 1 saturated heterocycles. The number of hydrogen-bond acceptors (Lipinski definition) is 4. The average Bonchev–Trinajstić information content (AvgIpc) is 3.16. The number of pyridine rings is 1. The number of aliphatic imine (C=N–C) groups is 1. The normalized spacial score (nSPS) is 19.6. The van der Waals surface area contributed by atoms with Gasteiger partial charge in [0.1, 0.15) is 5.82 Å². The monoisotopic (exact) mass is 379 g/mol. The summed E-state index contributed by atoms with van der Waals surface area (Å²) in [5, 5.41) is 3.44. The molecule has 1 aromatic carbocycles. The minimum atomic E-state index is 0.255. The summed E-state index contributed by atoms with van der Waals surface area (Å²) in [5.41, 5.74) is 3.77. The summed E-state index contributed by atoms with van der Waals surface area (Å²) in [7, 11) is 0. The quantitative estimate of drug-likeness (QED) is 0.654. The Labute approximate surface area is 167 Å². The Morgan fingerprint density at radius 2 is 2.14 bits per heavy atom. The van der Waals surface area contributed by atoms with Gasteiger partial charge in [0.2, 0.25) is 0 Å². The van der Waals surface area contributed by atoms with Gasteiger partial charge in [0, 0.05) is 38.1 Å². The van der Waals surface area contributed by atoms with E-state index in [1.807, 2.05) is 6.20 Å². The molecule has 2 aliphatic heterocycles. The Balaban J connectivity index is 1.45. The molecule has 2 aliphatic rings. The van der Waals surface area contributed by atoms with Crippen LogP contribution < -0.4 is 15.1 Å². The number of nitrogens with one attached hydrogen (secondary N) is 1. The first kappa shape index (κ1) is 18.7. The van der Waals surface area contributed by atoms with Crippen LogP contribution in [0.15, 0.2) is 47.6 Å². The van der Waals surface area contributed by atoms with Crippen molar-refractivity contribution in [1.29, 1.82) is 0 Å². The van der Waals surface area contributed by atoms with E-state index in [0.717, 1.165) is 56.5 Å². The van der Waals surface area contributed by atoms with E-state index in [-0.39, 0.29) is 6.10 Å². The molecule has 0 aliphatic carbocycles. The smallest absolute Gasteiger partial charge is 0.198 e. The summed E-state index contributed by atoms with van der Waals surface area (Å²) in [6.07, 6.45) is 3.26. The fourth-order valence-electron chi connectivity index (χ4n) is 3.84. The summed E-state index contributed by atoms with van der Waals surface area (Å²) in [5.74, 6) is 1.96. The van der Waals surface area contributed by atoms with Crippen LogP contribution in [0.5, 0.6) is 0 Å². The third-order valence-corrected chi connectivity index (χ3v) is 5.26. The molecule has 0 saturated carbocycles. The largest absolute Gasteiger partial charge is 0.375 e. The predicted octanol–water partition coefficient (Wildman–Crippen LogP) is 2.83. The summed E-state index contributed by atoms with van der Waals surface area (Å²) in [6.45, 7) is 9.20. The molecule has 0 amide bonds. The number of aromatic nitrogens is 1. The van der Waals surface area contributed by atoms with Crippen molar-refractivity contribution in [3.63, 3.8) is 0 Å². The van der Waals surface area contributed by atoms with Gasteiger partial charge in [-0.3, -0.25) is 0 Å². The Kier molecular flexibility index (Phi) is 5.76. The highest BCUT2D eigenvalue weighted by Gasteiger charge is 2.22. The lowest BCUT2D eigenvalue weighted by Crippen LogP contribution is -2.41. The molecule has 1 atom stereocenters. The van der Waals surface area contributed by atoms with Gasteiger partial charge in [-0.15, -0.1) is 0 Å². The van der Waals surface area contributed by atoms with E-state index in [1.54, 1.807) is 0 Å². The number of guanidine groups is 1. The van der Waals surface area contributed by atoms with Gasteiger partial charge in [-0.25, -0.2) is 9.98 Å². The van der Waals surface area contributed by atoms with Gasteiger partial charge >= 0.3 is 0 Å². The first-order valence-electron chi connectivity index (χ1n) is 10.2. The Bertz CT molecular complexity index is 820. The molecule has 1 unspecified atom stereocenters. The Morgan fingerprint density at radius 3 is 2.93 bits per heavy atom. The fourth-order valence-corrected chi connectivity index (χ4v) is 3.84.